The van der Waals surface area contributed by atoms with Crippen LogP contribution >= 0.6 is 11.6 Å². The lowest BCUT2D eigenvalue weighted by atomic mass is 10.1. The minimum atomic E-state index is -0.337. The molecule has 1 aromatic carbocycles. The highest BCUT2D eigenvalue weighted by Gasteiger charge is 2.13. The molecule has 0 atom stereocenters. The lowest BCUT2D eigenvalue weighted by molar-refractivity contribution is 0.102. The third kappa shape index (κ3) is 4.91. The van der Waals surface area contributed by atoms with E-state index in [9.17, 15) is 4.79 Å². The summed E-state index contributed by atoms with van der Waals surface area (Å²) in [6, 6.07) is 3.78. The van der Waals surface area contributed by atoms with Gasteiger partial charge in [0.1, 0.15) is 11.5 Å². The van der Waals surface area contributed by atoms with Gasteiger partial charge < -0.3 is 15.5 Å². The Labute approximate surface area is 147 Å². The topological polar surface area (TPSA) is 70.2 Å². The molecule has 0 radical (unpaired) electrons. The number of carbonyl (C=O) groups is 1. The van der Waals surface area contributed by atoms with Crippen molar-refractivity contribution in [1.82, 2.24) is 14.9 Å². The number of anilines is 2. The number of nitrogens with zero attached hydrogens (tertiary/aromatic N) is 3. The van der Waals surface area contributed by atoms with Gasteiger partial charge in [0.25, 0.3) is 5.91 Å². The van der Waals surface area contributed by atoms with E-state index in [1.807, 2.05) is 40.1 Å². The van der Waals surface area contributed by atoms with E-state index in [4.69, 9.17) is 11.6 Å². The van der Waals surface area contributed by atoms with Crippen LogP contribution in [0, 0.1) is 13.8 Å². The zero-order valence-corrected chi connectivity index (χ0v) is 15.1. The number of rotatable bonds is 6. The second-order valence-corrected chi connectivity index (χ2v) is 6.32. The van der Waals surface area contributed by atoms with Crippen LogP contribution in [0.4, 0.5) is 11.5 Å². The molecule has 1 amide bonds. The molecule has 7 heteroatoms. The standard InChI is InChI=1S/C17H22ClN5O/c1-11-7-12(2)16(13(18)8-11)22-17(24)14-9-21-15(10-20-14)19-5-6-23(3)4/h7-10H,5-6H2,1-4H3,(H,19,21)(H,22,24). The number of amides is 1. The third-order valence-corrected chi connectivity index (χ3v) is 3.72. The van der Waals surface area contributed by atoms with E-state index in [2.05, 4.69) is 25.5 Å². The molecular weight excluding hydrogens is 326 g/mol. The summed E-state index contributed by atoms with van der Waals surface area (Å²) in [7, 11) is 4.00. The number of carbonyl (C=O) groups excluding carboxylic acids is 1. The summed E-state index contributed by atoms with van der Waals surface area (Å²) in [4.78, 5) is 22.8. The molecule has 0 aliphatic carbocycles. The Morgan fingerprint density at radius 1 is 1.21 bits per heavy atom. The van der Waals surface area contributed by atoms with Crippen LogP contribution in [0.15, 0.2) is 24.5 Å². The summed E-state index contributed by atoms with van der Waals surface area (Å²) in [5.74, 6) is 0.300. The molecule has 0 aliphatic heterocycles. The molecule has 1 heterocycles. The first-order valence-electron chi connectivity index (χ1n) is 7.65. The van der Waals surface area contributed by atoms with Gasteiger partial charge >= 0.3 is 0 Å². The van der Waals surface area contributed by atoms with Crippen molar-refractivity contribution in [2.24, 2.45) is 0 Å². The molecule has 2 rings (SSSR count). The van der Waals surface area contributed by atoms with E-state index >= 15 is 0 Å². The first-order valence-corrected chi connectivity index (χ1v) is 8.03. The number of aromatic nitrogens is 2. The van der Waals surface area contributed by atoms with Crippen LogP contribution in [0.1, 0.15) is 21.6 Å². The normalized spacial score (nSPS) is 10.8. The fourth-order valence-corrected chi connectivity index (χ4v) is 2.56. The predicted molar refractivity (Wildman–Crippen MR) is 98.0 cm³/mol. The Morgan fingerprint density at radius 3 is 2.54 bits per heavy atom. The molecule has 1 aromatic heterocycles. The predicted octanol–water partition coefficient (Wildman–Crippen LogP) is 2.97. The minimum absolute atomic E-state index is 0.240. The Morgan fingerprint density at radius 2 is 1.96 bits per heavy atom. The highest BCUT2D eigenvalue weighted by Crippen LogP contribution is 2.27. The van der Waals surface area contributed by atoms with E-state index in [1.165, 1.54) is 6.20 Å². The van der Waals surface area contributed by atoms with Gasteiger partial charge in [-0.05, 0) is 45.1 Å². The molecule has 0 spiro atoms. The van der Waals surface area contributed by atoms with Crippen LogP contribution in [-0.2, 0) is 0 Å². The Kier molecular flexibility index (Phi) is 6.11. The van der Waals surface area contributed by atoms with Gasteiger partial charge in [-0.2, -0.15) is 0 Å². The van der Waals surface area contributed by atoms with Crippen LogP contribution < -0.4 is 10.6 Å². The van der Waals surface area contributed by atoms with Gasteiger partial charge in [-0.15, -0.1) is 0 Å². The SMILES string of the molecule is Cc1cc(C)c(NC(=O)c2cnc(NCCN(C)C)cn2)c(Cl)c1. The molecule has 0 aliphatic rings. The highest BCUT2D eigenvalue weighted by molar-refractivity contribution is 6.34. The fraction of sp³-hybridized carbons (Fsp3) is 0.353. The van der Waals surface area contributed by atoms with Crippen molar-refractivity contribution < 1.29 is 4.79 Å². The van der Waals surface area contributed by atoms with Crippen LogP contribution in [0.5, 0.6) is 0 Å². The van der Waals surface area contributed by atoms with Gasteiger partial charge in [-0.1, -0.05) is 17.7 Å². The smallest absolute Gasteiger partial charge is 0.275 e. The molecule has 24 heavy (non-hydrogen) atoms. The molecule has 0 bridgehead atoms. The average molecular weight is 348 g/mol. The number of hydrogen-bond donors (Lipinski definition) is 2. The van der Waals surface area contributed by atoms with Crippen molar-refractivity contribution in [2.45, 2.75) is 13.8 Å². The average Bonchev–Trinajstić information content (AvgIpc) is 2.51. The summed E-state index contributed by atoms with van der Waals surface area (Å²) < 4.78 is 0. The number of benzene rings is 1. The van der Waals surface area contributed by atoms with E-state index in [1.54, 1.807) is 6.20 Å². The second kappa shape index (κ2) is 8.08. The van der Waals surface area contributed by atoms with Crippen molar-refractivity contribution in [3.8, 4) is 0 Å². The molecule has 0 saturated heterocycles. The summed E-state index contributed by atoms with van der Waals surface area (Å²) in [5.41, 5.74) is 2.79. The Balaban J connectivity index is 2.03. The largest absolute Gasteiger partial charge is 0.368 e. The number of aryl methyl sites for hydroxylation is 2. The summed E-state index contributed by atoms with van der Waals surface area (Å²) in [6.07, 6.45) is 3.00. The summed E-state index contributed by atoms with van der Waals surface area (Å²) in [5, 5.41) is 6.46. The Bertz CT molecular complexity index is 692. The molecule has 0 fully saturated rings. The molecule has 128 valence electrons. The third-order valence-electron chi connectivity index (χ3n) is 3.42. The zero-order chi connectivity index (χ0) is 17.7. The Hall–Kier alpha value is -2.18. The molecular formula is C17H22ClN5O. The number of nitrogens with one attached hydrogen (secondary N) is 2. The van der Waals surface area contributed by atoms with Gasteiger partial charge in [0.05, 0.1) is 23.1 Å². The second-order valence-electron chi connectivity index (χ2n) is 5.91. The van der Waals surface area contributed by atoms with Crippen molar-refractivity contribution in [3.63, 3.8) is 0 Å². The van der Waals surface area contributed by atoms with E-state index in [-0.39, 0.29) is 11.6 Å². The molecule has 6 nitrogen and oxygen atoms in total. The van der Waals surface area contributed by atoms with Gasteiger partial charge in [0, 0.05) is 13.1 Å². The van der Waals surface area contributed by atoms with Crippen LogP contribution in [-0.4, -0.2) is 48.0 Å². The molecule has 2 N–H and O–H groups in total. The first kappa shape index (κ1) is 18.2. The fourth-order valence-electron chi connectivity index (χ4n) is 2.20. The summed E-state index contributed by atoms with van der Waals surface area (Å²) >= 11 is 6.21. The van der Waals surface area contributed by atoms with Crippen molar-refractivity contribution >= 4 is 29.0 Å². The monoisotopic (exact) mass is 347 g/mol. The maximum absolute atomic E-state index is 12.3. The molecule has 0 unspecified atom stereocenters. The van der Waals surface area contributed by atoms with Gasteiger partial charge in [0.2, 0.25) is 0 Å². The lowest BCUT2D eigenvalue weighted by Gasteiger charge is -2.12. The van der Waals surface area contributed by atoms with Crippen molar-refractivity contribution in [1.29, 1.82) is 0 Å². The van der Waals surface area contributed by atoms with Crippen LogP contribution in [0.25, 0.3) is 0 Å². The highest BCUT2D eigenvalue weighted by atomic mass is 35.5. The minimum Gasteiger partial charge on any atom is -0.368 e. The van der Waals surface area contributed by atoms with Crippen LogP contribution in [0.3, 0.4) is 0 Å². The first-order chi connectivity index (χ1) is 11.4. The quantitative estimate of drug-likeness (QED) is 0.840. The molecule has 2 aromatic rings. The van der Waals surface area contributed by atoms with Gasteiger partial charge in [0.15, 0.2) is 0 Å². The molecule has 0 saturated carbocycles. The van der Waals surface area contributed by atoms with Crippen LogP contribution in [0.2, 0.25) is 5.02 Å². The maximum atomic E-state index is 12.3. The van der Waals surface area contributed by atoms with Crippen molar-refractivity contribution in [3.05, 3.63) is 46.4 Å². The van der Waals surface area contributed by atoms with Gasteiger partial charge in [-0.25, -0.2) is 9.97 Å². The maximum Gasteiger partial charge on any atom is 0.275 e. The summed E-state index contributed by atoms with van der Waals surface area (Å²) in [6.45, 7) is 5.50. The lowest BCUT2D eigenvalue weighted by Crippen LogP contribution is -2.21. The van der Waals surface area contributed by atoms with E-state index < -0.39 is 0 Å². The number of halogens is 1. The number of hydrogen-bond acceptors (Lipinski definition) is 5. The number of likely N-dealkylation sites (N-methyl/N-ethyl adjacent to an activating group) is 1. The van der Waals surface area contributed by atoms with Gasteiger partial charge in [-0.3, -0.25) is 4.79 Å². The zero-order valence-electron chi connectivity index (χ0n) is 14.4. The van der Waals surface area contributed by atoms with Crippen molar-refractivity contribution in [2.75, 3.05) is 37.8 Å². The van der Waals surface area contributed by atoms with E-state index in [0.717, 1.165) is 24.2 Å². The van der Waals surface area contributed by atoms with E-state index in [0.29, 0.717) is 16.5 Å².